The van der Waals surface area contributed by atoms with Crippen molar-refractivity contribution in [1.82, 2.24) is 0 Å². The van der Waals surface area contributed by atoms with Crippen molar-refractivity contribution in [2.75, 3.05) is 0 Å². The van der Waals surface area contributed by atoms with Crippen LogP contribution in [0.5, 0.6) is 0 Å². The van der Waals surface area contributed by atoms with E-state index in [0.717, 1.165) is 18.4 Å². The van der Waals surface area contributed by atoms with Crippen LogP contribution < -0.4 is 0 Å². The summed E-state index contributed by atoms with van der Waals surface area (Å²) >= 11 is 0. The molecule has 0 aromatic heterocycles. The summed E-state index contributed by atoms with van der Waals surface area (Å²) in [5.74, 6) is 0. The zero-order chi connectivity index (χ0) is 11.5. The topological polar surface area (TPSA) is 34.1 Å². The molecule has 0 fully saturated rings. The Balaban J connectivity index is 2.48. The highest BCUT2D eigenvalue weighted by molar-refractivity contribution is 7.93. The van der Waals surface area contributed by atoms with Crippen LogP contribution in [0.1, 0.15) is 52.9 Å². The molecule has 0 spiro atoms. The molecule has 2 atom stereocenters. The normalized spacial score (nSPS) is 29.1. The summed E-state index contributed by atoms with van der Waals surface area (Å²) in [7, 11) is -2.89. The number of sulfone groups is 1. The fourth-order valence-corrected chi connectivity index (χ4v) is 3.73. The molecule has 0 N–H and O–H groups in total. The van der Waals surface area contributed by atoms with Crippen LogP contribution in [0.25, 0.3) is 0 Å². The maximum atomic E-state index is 11.7. The monoisotopic (exact) mass is 230 g/mol. The molecule has 2 nitrogen and oxygen atoms in total. The Kier molecular flexibility index (Phi) is 4.38. The smallest absolute Gasteiger partial charge is 0.162 e. The Bertz CT molecular complexity index is 328. The fourth-order valence-electron chi connectivity index (χ4n) is 2.11. The summed E-state index contributed by atoms with van der Waals surface area (Å²) in [5.41, 5.74) is 1.14. The van der Waals surface area contributed by atoms with Gasteiger partial charge in [0, 0.05) is 0 Å². The molecule has 1 aliphatic heterocycles. The number of rotatable bonds is 5. The molecule has 88 valence electrons. The first-order valence-corrected chi connectivity index (χ1v) is 7.54. The van der Waals surface area contributed by atoms with Crippen LogP contribution in [0, 0.1) is 0 Å². The fraction of sp³-hybridized carbons (Fsp3) is 0.833. The molecule has 3 heteroatoms. The van der Waals surface area contributed by atoms with Gasteiger partial charge in [0.15, 0.2) is 9.84 Å². The van der Waals surface area contributed by atoms with Crippen LogP contribution >= 0.6 is 0 Å². The second-order valence-electron chi connectivity index (χ2n) is 4.49. The molecule has 2 unspecified atom stereocenters. The molecule has 1 rings (SSSR count). The Morgan fingerprint density at radius 3 is 2.33 bits per heavy atom. The first kappa shape index (κ1) is 12.8. The summed E-state index contributed by atoms with van der Waals surface area (Å²) in [4.78, 5) is 0. The highest BCUT2D eigenvalue weighted by Gasteiger charge is 2.35. The SMILES string of the molecule is CCCCCCC1=CC(C)S(=O)(=O)C1C. The van der Waals surface area contributed by atoms with E-state index in [1.54, 1.807) is 6.92 Å². The summed E-state index contributed by atoms with van der Waals surface area (Å²) in [6.07, 6.45) is 7.74. The van der Waals surface area contributed by atoms with Gasteiger partial charge in [-0.05, 0) is 26.7 Å². The van der Waals surface area contributed by atoms with E-state index in [0.29, 0.717) is 0 Å². The van der Waals surface area contributed by atoms with E-state index in [-0.39, 0.29) is 10.5 Å². The van der Waals surface area contributed by atoms with Crippen LogP contribution in [-0.2, 0) is 9.84 Å². The van der Waals surface area contributed by atoms with Gasteiger partial charge in [0.25, 0.3) is 0 Å². The van der Waals surface area contributed by atoms with Crippen molar-refractivity contribution >= 4 is 9.84 Å². The molecule has 0 bridgehead atoms. The van der Waals surface area contributed by atoms with Crippen molar-refractivity contribution in [2.45, 2.75) is 63.4 Å². The summed E-state index contributed by atoms with van der Waals surface area (Å²) in [6.45, 7) is 5.79. The molecule has 1 heterocycles. The van der Waals surface area contributed by atoms with E-state index in [1.165, 1.54) is 19.3 Å². The van der Waals surface area contributed by atoms with Crippen molar-refractivity contribution in [2.24, 2.45) is 0 Å². The van der Waals surface area contributed by atoms with Crippen molar-refractivity contribution in [3.63, 3.8) is 0 Å². The van der Waals surface area contributed by atoms with E-state index < -0.39 is 9.84 Å². The summed E-state index contributed by atoms with van der Waals surface area (Å²) < 4.78 is 23.5. The van der Waals surface area contributed by atoms with Crippen LogP contribution in [0.15, 0.2) is 11.6 Å². The van der Waals surface area contributed by atoms with Gasteiger partial charge >= 0.3 is 0 Å². The third kappa shape index (κ3) is 2.83. The van der Waals surface area contributed by atoms with E-state index in [9.17, 15) is 8.42 Å². The minimum Gasteiger partial charge on any atom is -0.228 e. The van der Waals surface area contributed by atoms with E-state index in [1.807, 2.05) is 13.0 Å². The van der Waals surface area contributed by atoms with E-state index in [2.05, 4.69) is 6.92 Å². The molecule has 1 aliphatic rings. The minimum atomic E-state index is -2.89. The second kappa shape index (κ2) is 5.15. The predicted octanol–water partition coefficient (Wildman–Crippen LogP) is 3.09. The van der Waals surface area contributed by atoms with Crippen molar-refractivity contribution in [3.8, 4) is 0 Å². The zero-order valence-electron chi connectivity index (χ0n) is 9.99. The maximum Gasteiger partial charge on any atom is 0.162 e. The quantitative estimate of drug-likeness (QED) is 0.537. The number of unbranched alkanes of at least 4 members (excludes halogenated alkanes) is 3. The molecule has 0 radical (unpaired) electrons. The van der Waals surface area contributed by atoms with Gasteiger partial charge in [-0.1, -0.05) is 37.8 Å². The Morgan fingerprint density at radius 1 is 1.20 bits per heavy atom. The third-order valence-corrected chi connectivity index (χ3v) is 5.76. The molecule has 0 aromatic carbocycles. The van der Waals surface area contributed by atoms with Gasteiger partial charge in [-0.25, -0.2) is 8.42 Å². The van der Waals surface area contributed by atoms with E-state index >= 15 is 0 Å². The highest BCUT2D eigenvalue weighted by Crippen LogP contribution is 2.29. The largest absolute Gasteiger partial charge is 0.228 e. The first-order chi connectivity index (χ1) is 7.00. The lowest BCUT2D eigenvalue weighted by Gasteiger charge is -2.09. The van der Waals surface area contributed by atoms with Gasteiger partial charge in [-0.15, -0.1) is 0 Å². The van der Waals surface area contributed by atoms with Crippen LogP contribution in [0.3, 0.4) is 0 Å². The average Bonchev–Trinajstić information content (AvgIpc) is 2.38. The Morgan fingerprint density at radius 2 is 1.87 bits per heavy atom. The molecule has 0 saturated carbocycles. The summed E-state index contributed by atoms with van der Waals surface area (Å²) in [5, 5.41) is -0.511. The Hall–Kier alpha value is -0.310. The van der Waals surface area contributed by atoms with Gasteiger partial charge < -0.3 is 0 Å². The van der Waals surface area contributed by atoms with Gasteiger partial charge in [0.05, 0.1) is 10.5 Å². The Labute approximate surface area is 93.7 Å². The maximum absolute atomic E-state index is 11.7. The highest BCUT2D eigenvalue weighted by atomic mass is 32.2. The molecule has 0 aromatic rings. The van der Waals surface area contributed by atoms with Gasteiger partial charge in [-0.2, -0.15) is 0 Å². The van der Waals surface area contributed by atoms with Gasteiger partial charge in [0.1, 0.15) is 0 Å². The molecule has 0 aliphatic carbocycles. The van der Waals surface area contributed by atoms with E-state index in [4.69, 9.17) is 0 Å². The zero-order valence-corrected chi connectivity index (χ0v) is 10.8. The van der Waals surface area contributed by atoms with Crippen LogP contribution in [0.4, 0.5) is 0 Å². The summed E-state index contributed by atoms with van der Waals surface area (Å²) in [6, 6.07) is 0. The predicted molar refractivity (Wildman–Crippen MR) is 64.7 cm³/mol. The molecule has 15 heavy (non-hydrogen) atoms. The lowest BCUT2D eigenvalue weighted by atomic mass is 10.0. The molecule has 0 amide bonds. The first-order valence-electron chi connectivity index (χ1n) is 5.93. The standard InChI is InChI=1S/C12H22O2S/c1-4-5-6-7-8-12-9-10(2)15(13,14)11(12)3/h9-11H,4-8H2,1-3H3. The molecular weight excluding hydrogens is 208 g/mol. The minimum absolute atomic E-state index is 0.242. The van der Waals surface area contributed by atoms with Crippen molar-refractivity contribution in [3.05, 3.63) is 11.6 Å². The lowest BCUT2D eigenvalue weighted by Crippen LogP contribution is -2.20. The van der Waals surface area contributed by atoms with Crippen LogP contribution in [-0.4, -0.2) is 18.9 Å². The van der Waals surface area contributed by atoms with Crippen molar-refractivity contribution < 1.29 is 8.42 Å². The second-order valence-corrected chi connectivity index (χ2v) is 7.12. The van der Waals surface area contributed by atoms with Gasteiger partial charge in [0.2, 0.25) is 0 Å². The lowest BCUT2D eigenvalue weighted by molar-refractivity contribution is 0.586. The molecular formula is C12H22O2S. The number of hydrogen-bond acceptors (Lipinski definition) is 2. The third-order valence-electron chi connectivity index (χ3n) is 3.30. The van der Waals surface area contributed by atoms with Crippen molar-refractivity contribution in [1.29, 1.82) is 0 Å². The number of hydrogen-bond donors (Lipinski definition) is 0. The van der Waals surface area contributed by atoms with Gasteiger partial charge in [-0.3, -0.25) is 0 Å². The molecule has 0 saturated heterocycles. The average molecular weight is 230 g/mol. The van der Waals surface area contributed by atoms with Crippen LogP contribution in [0.2, 0.25) is 0 Å².